The lowest BCUT2D eigenvalue weighted by atomic mass is 10.2. The van der Waals surface area contributed by atoms with Gasteiger partial charge in [0, 0.05) is 26.2 Å². The van der Waals surface area contributed by atoms with Gasteiger partial charge in [-0.1, -0.05) is 0 Å². The Hall–Kier alpha value is -0.690. The molecule has 108 valence electrons. The second-order valence-electron chi connectivity index (χ2n) is 4.45. The second kappa shape index (κ2) is 10.3. The standard InChI is InChI=1S/C12H25NO5/c1-10(2)13(5-4-12(15)16)8-11(14)9-18-7-6-17-3/h10-11,14H,4-9H2,1-3H3,(H,15,16). The molecule has 0 saturated heterocycles. The summed E-state index contributed by atoms with van der Waals surface area (Å²) in [6, 6.07) is 0.193. The van der Waals surface area contributed by atoms with Crippen molar-refractivity contribution in [3.05, 3.63) is 0 Å². The minimum atomic E-state index is -0.827. The van der Waals surface area contributed by atoms with Gasteiger partial charge in [0.05, 0.1) is 32.3 Å². The van der Waals surface area contributed by atoms with Crippen molar-refractivity contribution in [1.29, 1.82) is 0 Å². The first-order valence-electron chi connectivity index (χ1n) is 6.18. The lowest BCUT2D eigenvalue weighted by Crippen LogP contribution is -2.40. The molecule has 0 heterocycles. The van der Waals surface area contributed by atoms with Gasteiger partial charge in [-0.2, -0.15) is 0 Å². The van der Waals surface area contributed by atoms with Crippen LogP contribution in [0.2, 0.25) is 0 Å². The van der Waals surface area contributed by atoms with Gasteiger partial charge in [0.25, 0.3) is 0 Å². The molecule has 0 amide bonds. The predicted octanol–water partition coefficient (Wildman–Crippen LogP) is 0.195. The zero-order chi connectivity index (χ0) is 14.0. The van der Waals surface area contributed by atoms with Gasteiger partial charge in [-0.25, -0.2) is 0 Å². The van der Waals surface area contributed by atoms with Gasteiger partial charge in [-0.3, -0.25) is 9.69 Å². The first kappa shape index (κ1) is 17.3. The summed E-state index contributed by atoms with van der Waals surface area (Å²) in [4.78, 5) is 12.5. The van der Waals surface area contributed by atoms with Gasteiger partial charge in [0.15, 0.2) is 0 Å². The summed E-state index contributed by atoms with van der Waals surface area (Å²) in [7, 11) is 1.59. The lowest BCUT2D eigenvalue weighted by molar-refractivity contribution is -0.137. The van der Waals surface area contributed by atoms with Crippen molar-refractivity contribution in [2.75, 3.05) is 40.0 Å². The number of ether oxygens (including phenoxy) is 2. The maximum atomic E-state index is 10.5. The number of aliphatic carboxylic acids is 1. The van der Waals surface area contributed by atoms with E-state index < -0.39 is 12.1 Å². The van der Waals surface area contributed by atoms with Crippen LogP contribution in [-0.4, -0.2) is 73.2 Å². The van der Waals surface area contributed by atoms with Crippen molar-refractivity contribution in [3.63, 3.8) is 0 Å². The van der Waals surface area contributed by atoms with E-state index in [9.17, 15) is 9.90 Å². The summed E-state index contributed by atoms with van der Waals surface area (Å²) in [5.41, 5.74) is 0. The van der Waals surface area contributed by atoms with Gasteiger partial charge in [0.2, 0.25) is 0 Å². The van der Waals surface area contributed by atoms with E-state index >= 15 is 0 Å². The summed E-state index contributed by atoms with van der Waals surface area (Å²) < 4.78 is 10.0. The van der Waals surface area contributed by atoms with Crippen LogP contribution in [0.25, 0.3) is 0 Å². The Morgan fingerprint density at radius 2 is 2.00 bits per heavy atom. The molecule has 6 heteroatoms. The van der Waals surface area contributed by atoms with Crippen LogP contribution in [0.3, 0.4) is 0 Å². The third-order valence-corrected chi connectivity index (χ3v) is 2.53. The number of carbonyl (C=O) groups is 1. The molecule has 1 unspecified atom stereocenters. The van der Waals surface area contributed by atoms with Crippen LogP contribution in [0, 0.1) is 0 Å². The van der Waals surface area contributed by atoms with Gasteiger partial charge < -0.3 is 19.7 Å². The van der Waals surface area contributed by atoms with E-state index in [0.29, 0.717) is 26.3 Å². The zero-order valence-electron chi connectivity index (χ0n) is 11.5. The van der Waals surface area contributed by atoms with Crippen molar-refractivity contribution in [2.45, 2.75) is 32.4 Å². The van der Waals surface area contributed by atoms with Crippen LogP contribution in [0.4, 0.5) is 0 Å². The average molecular weight is 263 g/mol. The third-order valence-electron chi connectivity index (χ3n) is 2.53. The molecular formula is C12H25NO5. The van der Waals surface area contributed by atoms with Crippen molar-refractivity contribution in [2.24, 2.45) is 0 Å². The number of hydrogen-bond acceptors (Lipinski definition) is 5. The molecule has 1 atom stereocenters. The number of carboxylic acid groups (broad SMARTS) is 1. The van der Waals surface area contributed by atoms with Gasteiger partial charge in [0.1, 0.15) is 0 Å². The highest BCUT2D eigenvalue weighted by atomic mass is 16.5. The molecule has 0 rings (SSSR count). The minimum Gasteiger partial charge on any atom is -0.481 e. The lowest BCUT2D eigenvalue weighted by Gasteiger charge is -2.28. The molecule has 6 nitrogen and oxygen atoms in total. The van der Waals surface area contributed by atoms with Gasteiger partial charge in [-0.15, -0.1) is 0 Å². The maximum absolute atomic E-state index is 10.5. The summed E-state index contributed by atoms with van der Waals surface area (Å²) >= 11 is 0. The maximum Gasteiger partial charge on any atom is 0.304 e. The fourth-order valence-electron chi connectivity index (χ4n) is 1.48. The fourth-order valence-corrected chi connectivity index (χ4v) is 1.48. The number of aliphatic hydroxyl groups is 1. The quantitative estimate of drug-likeness (QED) is 0.518. The van der Waals surface area contributed by atoms with Crippen molar-refractivity contribution in [3.8, 4) is 0 Å². The number of aliphatic hydroxyl groups excluding tert-OH is 1. The SMILES string of the molecule is COCCOCC(O)CN(CCC(=O)O)C(C)C. The van der Waals surface area contributed by atoms with E-state index in [4.69, 9.17) is 14.6 Å². The van der Waals surface area contributed by atoms with E-state index in [-0.39, 0.29) is 19.1 Å². The molecular weight excluding hydrogens is 238 g/mol. The van der Waals surface area contributed by atoms with Crippen LogP contribution in [0.1, 0.15) is 20.3 Å². The predicted molar refractivity (Wildman–Crippen MR) is 67.7 cm³/mol. The Kier molecular flexibility index (Phi) is 9.86. The molecule has 0 aromatic heterocycles. The Morgan fingerprint density at radius 3 is 2.50 bits per heavy atom. The molecule has 0 aromatic carbocycles. The highest BCUT2D eigenvalue weighted by molar-refractivity contribution is 5.66. The molecule has 0 aliphatic heterocycles. The smallest absolute Gasteiger partial charge is 0.304 e. The molecule has 0 bridgehead atoms. The Morgan fingerprint density at radius 1 is 1.33 bits per heavy atom. The van der Waals surface area contributed by atoms with E-state index in [2.05, 4.69) is 0 Å². The van der Waals surface area contributed by atoms with Crippen LogP contribution >= 0.6 is 0 Å². The third kappa shape index (κ3) is 9.35. The molecule has 0 aliphatic carbocycles. The normalized spacial score (nSPS) is 13.2. The number of hydrogen-bond donors (Lipinski definition) is 2. The molecule has 0 aliphatic rings. The van der Waals surface area contributed by atoms with E-state index in [1.165, 1.54) is 0 Å². The van der Waals surface area contributed by atoms with Crippen LogP contribution in [-0.2, 0) is 14.3 Å². The van der Waals surface area contributed by atoms with E-state index in [0.717, 1.165) is 0 Å². The van der Waals surface area contributed by atoms with Crippen molar-refractivity contribution < 1.29 is 24.5 Å². The van der Waals surface area contributed by atoms with E-state index in [1.54, 1.807) is 7.11 Å². The fraction of sp³-hybridized carbons (Fsp3) is 0.917. The molecule has 2 N–H and O–H groups in total. The van der Waals surface area contributed by atoms with Crippen LogP contribution in [0.15, 0.2) is 0 Å². The number of rotatable bonds is 11. The number of carboxylic acids is 1. The number of nitrogens with zero attached hydrogens (tertiary/aromatic N) is 1. The summed E-state index contributed by atoms with van der Waals surface area (Å²) in [6.45, 7) is 5.98. The first-order chi connectivity index (χ1) is 8.47. The topological polar surface area (TPSA) is 79.2 Å². The molecule has 18 heavy (non-hydrogen) atoms. The molecule has 0 aromatic rings. The van der Waals surface area contributed by atoms with Crippen molar-refractivity contribution in [1.82, 2.24) is 4.90 Å². The molecule has 0 saturated carbocycles. The number of methoxy groups -OCH3 is 1. The largest absolute Gasteiger partial charge is 0.481 e. The second-order valence-corrected chi connectivity index (χ2v) is 4.45. The minimum absolute atomic E-state index is 0.0788. The average Bonchev–Trinajstić information content (AvgIpc) is 2.29. The molecule has 0 spiro atoms. The summed E-state index contributed by atoms with van der Waals surface area (Å²) in [5.74, 6) is -0.827. The molecule has 0 radical (unpaired) electrons. The van der Waals surface area contributed by atoms with Gasteiger partial charge >= 0.3 is 5.97 Å². The Balaban J connectivity index is 3.88. The monoisotopic (exact) mass is 263 g/mol. The van der Waals surface area contributed by atoms with Crippen molar-refractivity contribution >= 4 is 5.97 Å². The zero-order valence-corrected chi connectivity index (χ0v) is 11.5. The summed E-state index contributed by atoms with van der Waals surface area (Å²) in [5, 5.41) is 18.4. The highest BCUT2D eigenvalue weighted by Gasteiger charge is 2.15. The summed E-state index contributed by atoms with van der Waals surface area (Å²) in [6.07, 6.45) is -0.534. The van der Waals surface area contributed by atoms with E-state index in [1.807, 2.05) is 18.7 Å². The van der Waals surface area contributed by atoms with Crippen LogP contribution in [0.5, 0.6) is 0 Å². The van der Waals surface area contributed by atoms with Gasteiger partial charge in [-0.05, 0) is 13.8 Å². The highest BCUT2D eigenvalue weighted by Crippen LogP contribution is 2.02. The Labute approximate surface area is 108 Å². The Bertz CT molecular complexity index is 223. The van der Waals surface area contributed by atoms with Crippen LogP contribution < -0.4 is 0 Å². The first-order valence-corrected chi connectivity index (χ1v) is 6.18. The molecule has 0 fully saturated rings.